The number of nitrogens with zero attached hydrogens (tertiary/aromatic N) is 2. The smallest absolute Gasteiger partial charge is 0.326 e. The molecule has 2 heterocycles. The molecule has 13 atom stereocenters. The second-order valence-corrected chi connectivity index (χ2v) is 25.7. The number of rotatable bonds is 40. The van der Waals surface area contributed by atoms with Gasteiger partial charge in [-0.3, -0.25) is 62.3 Å². The number of carbonyl (C=O) groups excluding carboxylic acids is 12. The summed E-state index contributed by atoms with van der Waals surface area (Å²) >= 11 is 5.32. The number of nitrogens with one attached hydrogen (secondary N) is 9. The Kier molecular flexibility index (Phi) is 33.5. The van der Waals surface area contributed by atoms with Crippen molar-refractivity contribution in [1.82, 2.24) is 57.7 Å². The minimum Gasteiger partial charge on any atom is -0.508 e. The van der Waals surface area contributed by atoms with Crippen molar-refractivity contribution in [2.75, 3.05) is 44.1 Å². The van der Waals surface area contributed by atoms with Gasteiger partial charge in [0.25, 0.3) is 0 Å². The normalized spacial score (nSPS) is 17.7. The van der Waals surface area contributed by atoms with E-state index in [0.29, 0.717) is 17.5 Å². The third-order valence-electron chi connectivity index (χ3n) is 16.7. The number of carbonyl (C=O) groups is 14. The number of phenolic OH excluding ortho intramolecular Hbond substituents is 2. The van der Waals surface area contributed by atoms with Crippen molar-refractivity contribution in [2.45, 2.75) is 177 Å². The van der Waals surface area contributed by atoms with Gasteiger partial charge in [-0.2, -0.15) is 24.4 Å². The van der Waals surface area contributed by atoms with Crippen LogP contribution in [0.4, 0.5) is 0 Å². The molecular weight excluding hydrogens is 1320 g/mol. The summed E-state index contributed by atoms with van der Waals surface area (Å²) < 4.78 is 0. The Morgan fingerprint density at radius 1 is 0.541 bits per heavy atom. The van der Waals surface area contributed by atoms with Crippen LogP contribution in [0.2, 0.25) is 0 Å². The van der Waals surface area contributed by atoms with Gasteiger partial charge in [0.2, 0.25) is 70.9 Å². The predicted octanol–water partition coefficient (Wildman–Crippen LogP) is -3.86. The highest BCUT2D eigenvalue weighted by molar-refractivity contribution is 7.98. The summed E-state index contributed by atoms with van der Waals surface area (Å²) in [7, 11) is 0. The first-order valence-corrected chi connectivity index (χ1v) is 34.1. The molecule has 0 unspecified atom stereocenters. The first kappa shape index (κ1) is 81.6. The zero-order chi connectivity index (χ0) is 73.1. The van der Waals surface area contributed by atoms with E-state index in [1.807, 2.05) is 0 Å². The average Bonchev–Trinajstić information content (AvgIpc) is 1.49. The summed E-state index contributed by atoms with van der Waals surface area (Å²) in [6, 6.07) is -6.32. The van der Waals surface area contributed by atoms with E-state index < -0.39 is 206 Å². The van der Waals surface area contributed by atoms with Crippen molar-refractivity contribution in [3.8, 4) is 11.5 Å². The lowest BCUT2D eigenvalue weighted by Gasteiger charge is -2.31. The molecule has 2 fully saturated rings. The summed E-state index contributed by atoms with van der Waals surface area (Å²) in [5.41, 5.74) is 12.1. The highest BCUT2D eigenvalue weighted by atomic mass is 32.2. The molecule has 98 heavy (non-hydrogen) atoms. The van der Waals surface area contributed by atoms with Crippen LogP contribution in [0, 0.1) is 11.8 Å². The standard InChI is InChI=1S/C63H93N13O20S2/c1-6-33(4)51(60(92)69-42(27-34-11-15-36(79)16-12-34)54(86)73-50(32(2)3)59(91)70-43(63(95)96)28-35-13-17-37(80)18-14-35)74-56(88)45(30-78)71-53(85)40(23-26-98-5)67-57(89)47-10-8-25-76(47)62(94)41(20-22-49(82)83)68-52(84)39(19-21-48(65)81)66-55(87)44(29-77)72-58(90)46-9-7-24-75(46)61(93)38(64)31-97/h11-18,32-33,38-47,50-51,77-80,97H,6-10,19-31,64H2,1-5H3,(H2,65,81)(H,66,87)(H,67,89)(H,68,84)(H,69,92)(H,70,91)(H,71,85)(H,72,90)(H,73,86)(H,74,88)(H,82,83)(H,95,96)/t33-,38-,39-,40-,41-,42-,43-,44-,45-,46-,47-,50-,51-/m0/s1. The Morgan fingerprint density at radius 2 is 0.949 bits per heavy atom. The van der Waals surface area contributed by atoms with Crippen molar-refractivity contribution < 1.29 is 97.8 Å². The Bertz CT molecular complexity index is 3130. The van der Waals surface area contributed by atoms with E-state index in [1.54, 1.807) is 34.0 Å². The fraction of sp³-hybridized carbons (Fsp3) is 0.587. The van der Waals surface area contributed by atoms with Crippen LogP contribution < -0.4 is 59.3 Å². The molecule has 0 radical (unpaired) electrons. The van der Waals surface area contributed by atoms with Crippen LogP contribution in [0.5, 0.6) is 11.5 Å². The van der Waals surface area contributed by atoms with Gasteiger partial charge in [-0.25, -0.2) is 4.79 Å². The summed E-state index contributed by atoms with van der Waals surface area (Å²) in [6.07, 6.45) is -0.0464. The quantitative estimate of drug-likeness (QED) is 0.0284. The summed E-state index contributed by atoms with van der Waals surface area (Å²) in [5, 5.41) is 82.6. The molecular formula is C63H93N13O20S2. The predicted molar refractivity (Wildman–Crippen MR) is 357 cm³/mol. The number of carboxylic acids is 2. The van der Waals surface area contributed by atoms with E-state index >= 15 is 0 Å². The number of likely N-dealkylation sites (tertiary alicyclic amines) is 2. The van der Waals surface area contributed by atoms with Crippen molar-refractivity contribution in [1.29, 1.82) is 0 Å². The molecule has 2 aromatic carbocycles. The van der Waals surface area contributed by atoms with E-state index in [1.165, 1.54) is 65.2 Å². The minimum atomic E-state index is -1.78. The molecule has 0 saturated carbocycles. The van der Waals surface area contributed by atoms with Gasteiger partial charge in [-0.15, -0.1) is 0 Å². The fourth-order valence-corrected chi connectivity index (χ4v) is 11.5. The van der Waals surface area contributed by atoms with Gasteiger partial charge in [0.05, 0.1) is 19.3 Å². The number of phenols is 2. The molecule has 542 valence electrons. The maximum Gasteiger partial charge on any atom is 0.326 e. The SMILES string of the molecule is CC[C@H](C)[C@H](NC(=O)[C@H](CO)NC(=O)[C@H](CCSC)NC(=O)[C@@H]1CCCN1C(=O)[C@H](CCC(=O)O)NC(=O)[C@H](CCC(N)=O)NC(=O)[C@H](CO)NC(=O)[C@@H]1CCCN1C(=O)[C@@H](N)CS)C(=O)N[C@@H](Cc1ccc(O)cc1)C(=O)N[C@H](C(=O)N[C@@H](Cc1ccc(O)cc1)C(=O)O)C(C)C. The Morgan fingerprint density at radius 3 is 1.43 bits per heavy atom. The number of aliphatic carboxylic acids is 2. The maximum absolute atomic E-state index is 14.5. The molecule has 0 spiro atoms. The second-order valence-electron chi connectivity index (χ2n) is 24.4. The Balaban J connectivity index is 1.52. The molecule has 12 amide bonds. The largest absolute Gasteiger partial charge is 0.508 e. The number of hydrogen-bond acceptors (Lipinski definition) is 21. The van der Waals surface area contributed by atoms with Gasteiger partial charge in [-0.05, 0) is 104 Å². The summed E-state index contributed by atoms with van der Waals surface area (Å²) in [6.45, 7) is 4.47. The number of aliphatic hydroxyl groups excluding tert-OH is 2. The molecule has 0 aromatic heterocycles. The van der Waals surface area contributed by atoms with Crippen LogP contribution >= 0.6 is 24.4 Å². The number of nitrogens with two attached hydrogens (primary N) is 2. The Hall–Kier alpha value is -8.80. The average molecular weight is 1420 g/mol. The van der Waals surface area contributed by atoms with Gasteiger partial charge in [0, 0.05) is 44.5 Å². The zero-order valence-corrected chi connectivity index (χ0v) is 56.9. The highest BCUT2D eigenvalue weighted by Crippen LogP contribution is 2.23. The summed E-state index contributed by atoms with van der Waals surface area (Å²) in [5.74, 6) is -15.3. The highest BCUT2D eigenvalue weighted by Gasteiger charge is 2.43. The lowest BCUT2D eigenvalue weighted by atomic mass is 9.96. The number of aliphatic hydroxyl groups is 2. The molecule has 19 N–H and O–H groups in total. The lowest BCUT2D eigenvalue weighted by molar-refractivity contribution is -0.144. The maximum atomic E-state index is 14.5. The van der Waals surface area contributed by atoms with Crippen LogP contribution in [-0.2, 0) is 80.0 Å². The second kappa shape index (κ2) is 40.2. The number of thiol groups is 1. The number of aromatic hydroxyl groups is 2. The monoisotopic (exact) mass is 1420 g/mol. The van der Waals surface area contributed by atoms with Gasteiger partial charge in [0.1, 0.15) is 78.0 Å². The number of hydrogen-bond donors (Lipinski definition) is 18. The van der Waals surface area contributed by atoms with Crippen molar-refractivity contribution >= 4 is 107 Å². The number of amides is 12. The molecule has 0 aliphatic carbocycles. The number of thioether (sulfide) groups is 1. The van der Waals surface area contributed by atoms with Gasteiger partial charge >= 0.3 is 11.9 Å². The van der Waals surface area contributed by atoms with Crippen LogP contribution in [0.3, 0.4) is 0 Å². The third-order valence-corrected chi connectivity index (χ3v) is 17.7. The van der Waals surface area contributed by atoms with E-state index in [4.69, 9.17) is 11.5 Å². The molecule has 4 rings (SSSR count). The van der Waals surface area contributed by atoms with Crippen LogP contribution in [0.15, 0.2) is 48.5 Å². The molecule has 2 aromatic rings. The van der Waals surface area contributed by atoms with E-state index in [9.17, 15) is 97.8 Å². The zero-order valence-electron chi connectivity index (χ0n) is 55.2. The van der Waals surface area contributed by atoms with Crippen molar-refractivity contribution in [3.05, 3.63) is 59.7 Å². The van der Waals surface area contributed by atoms with Crippen LogP contribution in [0.1, 0.15) is 103 Å². The van der Waals surface area contributed by atoms with Crippen molar-refractivity contribution in [3.63, 3.8) is 0 Å². The van der Waals surface area contributed by atoms with Crippen LogP contribution in [0.25, 0.3) is 0 Å². The third kappa shape index (κ3) is 24.9. The van der Waals surface area contributed by atoms with Gasteiger partial charge in [0.15, 0.2) is 0 Å². The molecule has 0 bridgehead atoms. The Labute approximate surface area is 576 Å². The number of carboxylic acid groups (broad SMARTS) is 2. The van der Waals surface area contributed by atoms with Gasteiger partial charge < -0.3 is 99.8 Å². The number of benzene rings is 2. The van der Waals surface area contributed by atoms with E-state index in [2.05, 4.69) is 60.5 Å². The molecule has 35 heteroatoms. The summed E-state index contributed by atoms with van der Waals surface area (Å²) in [4.78, 5) is 192. The van der Waals surface area contributed by atoms with E-state index in [-0.39, 0.29) is 81.0 Å². The minimum absolute atomic E-state index is 0.00354. The first-order valence-electron chi connectivity index (χ1n) is 32.1. The van der Waals surface area contributed by atoms with Crippen LogP contribution in [-0.4, -0.2) is 240 Å². The topological polar surface area (TPSA) is 527 Å². The fourth-order valence-electron chi connectivity index (χ4n) is 10.8. The molecule has 2 saturated heterocycles. The first-order chi connectivity index (χ1) is 46.4. The number of primary amides is 1. The molecule has 33 nitrogen and oxygen atoms in total. The lowest BCUT2D eigenvalue weighted by Crippen LogP contribution is -2.62. The molecule has 2 aliphatic heterocycles. The molecule has 2 aliphatic rings. The van der Waals surface area contributed by atoms with Gasteiger partial charge in [-0.1, -0.05) is 58.4 Å². The van der Waals surface area contributed by atoms with E-state index in [0.717, 1.165) is 4.90 Å². The van der Waals surface area contributed by atoms with Crippen molar-refractivity contribution in [2.24, 2.45) is 23.3 Å².